The Bertz CT molecular complexity index is 1150. The van der Waals surface area contributed by atoms with Crippen molar-refractivity contribution in [2.24, 2.45) is 0 Å². The molecule has 3 N–H and O–H groups in total. The molecule has 27 heavy (non-hydrogen) atoms. The first-order chi connectivity index (χ1) is 12.8. The van der Waals surface area contributed by atoms with Crippen LogP contribution in [0.15, 0.2) is 66.7 Å². The van der Waals surface area contributed by atoms with E-state index in [0.29, 0.717) is 22.6 Å². The fourth-order valence-electron chi connectivity index (χ4n) is 2.68. The predicted molar refractivity (Wildman–Crippen MR) is 101 cm³/mol. The smallest absolute Gasteiger partial charge is 0.138 e. The number of imidazole rings is 1. The molecule has 0 saturated carbocycles. The molecule has 0 aliphatic carbocycles. The summed E-state index contributed by atoms with van der Waals surface area (Å²) < 4.78 is 5.78. The molecule has 6 nitrogen and oxygen atoms in total. The monoisotopic (exact) mass is 354 g/mol. The average Bonchev–Trinajstić information content (AvgIpc) is 3.12. The Balaban J connectivity index is 0.00000210. The van der Waals surface area contributed by atoms with E-state index >= 15 is 0 Å². The molecule has 1 heterocycles. The van der Waals surface area contributed by atoms with E-state index in [1.165, 1.54) is 0 Å². The molecule has 0 fully saturated rings. The van der Waals surface area contributed by atoms with Gasteiger partial charge in [-0.3, -0.25) is 0 Å². The predicted octanol–water partition coefficient (Wildman–Crippen LogP) is 3.94. The van der Waals surface area contributed by atoms with Crippen molar-refractivity contribution in [1.29, 1.82) is 10.5 Å². The summed E-state index contributed by atoms with van der Waals surface area (Å²) in [6.45, 7) is 0. The molecule has 0 atom stereocenters. The van der Waals surface area contributed by atoms with Gasteiger partial charge in [0.15, 0.2) is 0 Å². The zero-order valence-electron chi connectivity index (χ0n) is 14.1. The standard InChI is InChI=1S/C21H12N4O.H2O/c22-12-15-7-10-18(11-16(15)13-23)26-17-8-5-14(6-9-17)21-24-19-3-1-2-4-20(19)25-21;/h1-11H,(H,24,25);1H2. The maximum atomic E-state index is 9.10. The summed E-state index contributed by atoms with van der Waals surface area (Å²) in [5.41, 5.74) is 3.49. The van der Waals surface area contributed by atoms with Gasteiger partial charge in [0, 0.05) is 5.56 Å². The van der Waals surface area contributed by atoms with Crippen LogP contribution in [0, 0.1) is 22.7 Å². The van der Waals surface area contributed by atoms with Crippen molar-refractivity contribution in [3.8, 4) is 35.0 Å². The summed E-state index contributed by atoms with van der Waals surface area (Å²) in [5, 5.41) is 18.1. The van der Waals surface area contributed by atoms with Crippen molar-refractivity contribution in [1.82, 2.24) is 9.97 Å². The number of H-pyrrole nitrogens is 1. The maximum absolute atomic E-state index is 9.10. The number of para-hydroxylation sites is 2. The Kier molecular flexibility index (Phi) is 4.85. The minimum atomic E-state index is 0. The molecule has 4 aromatic rings. The van der Waals surface area contributed by atoms with Gasteiger partial charge in [-0.1, -0.05) is 12.1 Å². The van der Waals surface area contributed by atoms with Crippen LogP contribution < -0.4 is 4.74 Å². The number of fused-ring (bicyclic) bond motifs is 1. The molecule has 0 bridgehead atoms. The first-order valence-corrected chi connectivity index (χ1v) is 7.94. The van der Waals surface area contributed by atoms with Crippen molar-refractivity contribution < 1.29 is 10.2 Å². The lowest BCUT2D eigenvalue weighted by Gasteiger charge is -2.07. The normalized spacial score (nSPS) is 9.85. The summed E-state index contributed by atoms with van der Waals surface area (Å²) in [7, 11) is 0. The van der Waals surface area contributed by atoms with Crippen molar-refractivity contribution in [2.75, 3.05) is 0 Å². The highest BCUT2D eigenvalue weighted by atomic mass is 16.5. The summed E-state index contributed by atoms with van der Waals surface area (Å²) in [4.78, 5) is 7.87. The molecule has 1 aromatic heterocycles. The summed E-state index contributed by atoms with van der Waals surface area (Å²) in [6.07, 6.45) is 0. The van der Waals surface area contributed by atoms with E-state index in [0.717, 1.165) is 22.4 Å². The first-order valence-electron chi connectivity index (χ1n) is 7.94. The number of benzene rings is 3. The van der Waals surface area contributed by atoms with E-state index < -0.39 is 0 Å². The zero-order chi connectivity index (χ0) is 17.9. The van der Waals surface area contributed by atoms with Gasteiger partial charge in [-0.25, -0.2) is 4.98 Å². The fourth-order valence-corrected chi connectivity index (χ4v) is 2.68. The van der Waals surface area contributed by atoms with E-state index in [2.05, 4.69) is 9.97 Å². The minimum absolute atomic E-state index is 0. The molecule has 0 aliphatic heterocycles. The van der Waals surface area contributed by atoms with Crippen LogP contribution in [0.25, 0.3) is 22.4 Å². The van der Waals surface area contributed by atoms with Crippen molar-refractivity contribution >= 4 is 11.0 Å². The third-order valence-corrected chi connectivity index (χ3v) is 3.98. The Labute approximate surface area is 155 Å². The summed E-state index contributed by atoms with van der Waals surface area (Å²) >= 11 is 0. The van der Waals surface area contributed by atoms with E-state index in [1.807, 2.05) is 60.7 Å². The molecule has 6 heteroatoms. The highest BCUT2D eigenvalue weighted by Crippen LogP contribution is 2.27. The Hall–Kier alpha value is -4.13. The first kappa shape index (κ1) is 17.7. The van der Waals surface area contributed by atoms with E-state index in [-0.39, 0.29) is 5.48 Å². The van der Waals surface area contributed by atoms with Crippen LogP contribution in [0.2, 0.25) is 0 Å². The zero-order valence-corrected chi connectivity index (χ0v) is 14.1. The van der Waals surface area contributed by atoms with Gasteiger partial charge in [0.2, 0.25) is 0 Å². The molecular formula is C21H14N4O2. The third-order valence-electron chi connectivity index (χ3n) is 3.98. The molecule has 0 radical (unpaired) electrons. The highest BCUT2D eigenvalue weighted by molar-refractivity contribution is 5.79. The average molecular weight is 354 g/mol. The molecule has 4 rings (SSSR count). The van der Waals surface area contributed by atoms with Gasteiger partial charge < -0.3 is 15.2 Å². The van der Waals surface area contributed by atoms with Gasteiger partial charge in [-0.2, -0.15) is 10.5 Å². The second kappa shape index (κ2) is 7.40. The maximum Gasteiger partial charge on any atom is 0.138 e. The van der Waals surface area contributed by atoms with Crippen LogP contribution in [0.4, 0.5) is 0 Å². The van der Waals surface area contributed by atoms with Crippen LogP contribution in [-0.2, 0) is 0 Å². The molecule has 3 aromatic carbocycles. The Morgan fingerprint density at radius 2 is 1.52 bits per heavy atom. The van der Waals surface area contributed by atoms with Crippen LogP contribution in [0.5, 0.6) is 11.5 Å². The van der Waals surface area contributed by atoms with Crippen molar-refractivity contribution in [3.05, 3.63) is 77.9 Å². The number of hydrogen-bond donors (Lipinski definition) is 1. The lowest BCUT2D eigenvalue weighted by molar-refractivity contribution is 0.482. The number of nitriles is 2. The van der Waals surface area contributed by atoms with Gasteiger partial charge >= 0.3 is 0 Å². The van der Waals surface area contributed by atoms with E-state index in [1.54, 1.807) is 18.2 Å². The van der Waals surface area contributed by atoms with Gasteiger partial charge in [-0.05, 0) is 54.6 Å². The van der Waals surface area contributed by atoms with E-state index in [9.17, 15) is 0 Å². The highest BCUT2D eigenvalue weighted by Gasteiger charge is 2.07. The molecule has 0 aliphatic rings. The number of aromatic nitrogens is 2. The topological polar surface area (TPSA) is 117 Å². The largest absolute Gasteiger partial charge is 0.457 e. The van der Waals surface area contributed by atoms with Gasteiger partial charge in [0.05, 0.1) is 22.2 Å². The SMILES string of the molecule is N#Cc1ccc(Oc2ccc(-c3nc4ccccc4[nH]3)cc2)cc1C#N.O. The van der Waals surface area contributed by atoms with Gasteiger partial charge in [0.1, 0.15) is 29.5 Å². The summed E-state index contributed by atoms with van der Waals surface area (Å²) in [6, 6.07) is 24.2. The summed E-state index contributed by atoms with van der Waals surface area (Å²) in [5.74, 6) is 1.94. The molecule has 0 spiro atoms. The second-order valence-electron chi connectivity index (χ2n) is 5.66. The number of nitrogens with one attached hydrogen (secondary N) is 1. The number of hydrogen-bond acceptors (Lipinski definition) is 4. The molecule has 0 amide bonds. The van der Waals surface area contributed by atoms with Crippen LogP contribution in [0.1, 0.15) is 11.1 Å². The lowest BCUT2D eigenvalue weighted by atomic mass is 10.1. The molecular weight excluding hydrogens is 340 g/mol. The van der Waals surface area contributed by atoms with E-state index in [4.69, 9.17) is 15.3 Å². The Morgan fingerprint density at radius 3 is 2.22 bits per heavy atom. The number of rotatable bonds is 3. The number of nitrogens with zero attached hydrogens (tertiary/aromatic N) is 3. The van der Waals surface area contributed by atoms with Crippen LogP contribution >= 0.6 is 0 Å². The fraction of sp³-hybridized carbons (Fsp3) is 0. The quantitative estimate of drug-likeness (QED) is 0.599. The number of ether oxygens (including phenoxy) is 1. The second-order valence-corrected chi connectivity index (χ2v) is 5.66. The lowest BCUT2D eigenvalue weighted by Crippen LogP contribution is -1.89. The number of aromatic amines is 1. The van der Waals surface area contributed by atoms with Crippen molar-refractivity contribution in [2.45, 2.75) is 0 Å². The van der Waals surface area contributed by atoms with Crippen LogP contribution in [-0.4, -0.2) is 15.4 Å². The molecule has 0 unspecified atom stereocenters. The molecule has 0 saturated heterocycles. The van der Waals surface area contributed by atoms with Crippen molar-refractivity contribution in [3.63, 3.8) is 0 Å². The Morgan fingerprint density at radius 1 is 0.815 bits per heavy atom. The minimum Gasteiger partial charge on any atom is -0.457 e. The van der Waals surface area contributed by atoms with Crippen LogP contribution in [0.3, 0.4) is 0 Å². The van der Waals surface area contributed by atoms with Gasteiger partial charge in [-0.15, -0.1) is 0 Å². The molecule has 130 valence electrons. The van der Waals surface area contributed by atoms with Gasteiger partial charge in [0.25, 0.3) is 0 Å². The third kappa shape index (κ3) is 3.47.